The van der Waals surface area contributed by atoms with Crippen LogP contribution in [0.25, 0.3) is 0 Å². The largest absolute Gasteiger partial charge is 0.497 e. The summed E-state index contributed by atoms with van der Waals surface area (Å²) in [6.07, 6.45) is 5.70. The molecule has 1 unspecified atom stereocenters. The molecule has 3 rings (SSSR count). The quantitative estimate of drug-likeness (QED) is 0.887. The third-order valence-electron chi connectivity index (χ3n) is 3.73. The van der Waals surface area contributed by atoms with E-state index in [4.69, 9.17) is 4.74 Å². The van der Waals surface area contributed by atoms with Gasteiger partial charge in [0.05, 0.1) is 7.11 Å². The van der Waals surface area contributed by atoms with E-state index in [2.05, 4.69) is 15.6 Å². The van der Waals surface area contributed by atoms with Crippen molar-refractivity contribution in [2.24, 2.45) is 7.05 Å². The van der Waals surface area contributed by atoms with Crippen LogP contribution in [0.2, 0.25) is 0 Å². The van der Waals surface area contributed by atoms with E-state index in [1.807, 2.05) is 42.1 Å². The molecular formula is C16H20N4O2. The Morgan fingerprint density at radius 2 is 2.27 bits per heavy atom. The first-order valence-corrected chi connectivity index (χ1v) is 7.35. The summed E-state index contributed by atoms with van der Waals surface area (Å²) < 4.78 is 7.18. The number of methoxy groups -OCH3 is 1. The molecule has 0 bridgehead atoms. The van der Waals surface area contributed by atoms with Gasteiger partial charge in [-0.1, -0.05) is 12.1 Å². The number of urea groups is 1. The predicted molar refractivity (Wildman–Crippen MR) is 82.7 cm³/mol. The molecule has 116 valence electrons. The molecule has 1 heterocycles. The zero-order chi connectivity index (χ0) is 15.5. The Bertz CT molecular complexity index is 664. The standard InChI is InChI=1S/C16H20N4O2/c1-20-9-8-17-15(20)14(19-16(21)18-12-6-7-12)11-4-3-5-13(10-11)22-2/h3-5,8-10,12,14H,6-7H2,1-2H3,(H2,18,19,21). The van der Waals surface area contributed by atoms with Crippen LogP contribution in [-0.2, 0) is 7.05 Å². The van der Waals surface area contributed by atoms with Gasteiger partial charge in [0, 0.05) is 25.5 Å². The van der Waals surface area contributed by atoms with Crippen LogP contribution in [0.4, 0.5) is 4.79 Å². The minimum absolute atomic E-state index is 0.168. The van der Waals surface area contributed by atoms with Gasteiger partial charge in [0.15, 0.2) is 0 Å². The fourth-order valence-electron chi connectivity index (χ4n) is 2.36. The summed E-state index contributed by atoms with van der Waals surface area (Å²) in [5.41, 5.74) is 0.930. The van der Waals surface area contributed by atoms with E-state index in [-0.39, 0.29) is 12.1 Å². The fraction of sp³-hybridized carbons (Fsp3) is 0.375. The molecule has 0 aliphatic heterocycles. The number of hydrogen-bond donors (Lipinski definition) is 2. The second-order valence-electron chi connectivity index (χ2n) is 5.50. The summed E-state index contributed by atoms with van der Waals surface area (Å²) in [6.45, 7) is 0. The summed E-state index contributed by atoms with van der Waals surface area (Å²) in [5, 5.41) is 5.96. The van der Waals surface area contributed by atoms with Crippen molar-refractivity contribution < 1.29 is 9.53 Å². The van der Waals surface area contributed by atoms with Crippen molar-refractivity contribution in [2.45, 2.75) is 24.9 Å². The molecule has 0 spiro atoms. The zero-order valence-electron chi connectivity index (χ0n) is 12.7. The number of imidazole rings is 1. The van der Waals surface area contributed by atoms with E-state index in [0.29, 0.717) is 6.04 Å². The van der Waals surface area contributed by atoms with Gasteiger partial charge in [-0.2, -0.15) is 0 Å². The molecule has 1 saturated carbocycles. The molecule has 1 fully saturated rings. The number of rotatable bonds is 5. The van der Waals surface area contributed by atoms with Gasteiger partial charge in [-0.25, -0.2) is 9.78 Å². The molecule has 1 aliphatic rings. The van der Waals surface area contributed by atoms with E-state index in [1.54, 1.807) is 13.3 Å². The highest BCUT2D eigenvalue weighted by Crippen LogP contribution is 2.24. The van der Waals surface area contributed by atoms with Crippen molar-refractivity contribution in [3.63, 3.8) is 0 Å². The van der Waals surface area contributed by atoms with Gasteiger partial charge >= 0.3 is 6.03 Å². The number of amides is 2. The van der Waals surface area contributed by atoms with Gasteiger partial charge in [-0.3, -0.25) is 0 Å². The zero-order valence-corrected chi connectivity index (χ0v) is 12.7. The molecule has 2 N–H and O–H groups in total. The molecule has 1 aromatic carbocycles. The van der Waals surface area contributed by atoms with Crippen LogP contribution < -0.4 is 15.4 Å². The maximum Gasteiger partial charge on any atom is 0.315 e. The summed E-state index contributed by atoms with van der Waals surface area (Å²) in [6, 6.07) is 7.48. The third kappa shape index (κ3) is 3.21. The minimum Gasteiger partial charge on any atom is -0.497 e. The Balaban J connectivity index is 1.87. The fourth-order valence-corrected chi connectivity index (χ4v) is 2.36. The first kappa shape index (κ1) is 14.4. The average molecular weight is 300 g/mol. The number of aromatic nitrogens is 2. The highest BCUT2D eigenvalue weighted by atomic mass is 16.5. The molecule has 2 aromatic rings. The normalized spacial score (nSPS) is 15.2. The first-order chi connectivity index (χ1) is 10.7. The molecule has 0 radical (unpaired) electrons. The highest BCUT2D eigenvalue weighted by Gasteiger charge is 2.26. The molecule has 6 heteroatoms. The number of carbonyl (C=O) groups excluding carboxylic acids is 1. The maximum atomic E-state index is 12.1. The van der Waals surface area contributed by atoms with Crippen molar-refractivity contribution in [2.75, 3.05) is 7.11 Å². The molecule has 1 atom stereocenters. The second-order valence-corrected chi connectivity index (χ2v) is 5.50. The second kappa shape index (κ2) is 6.09. The highest BCUT2D eigenvalue weighted by molar-refractivity contribution is 5.75. The van der Waals surface area contributed by atoms with Crippen LogP contribution in [-0.4, -0.2) is 28.7 Å². The summed E-state index contributed by atoms with van der Waals surface area (Å²) in [4.78, 5) is 16.5. The Morgan fingerprint density at radius 3 is 2.91 bits per heavy atom. The Morgan fingerprint density at radius 1 is 1.45 bits per heavy atom. The lowest BCUT2D eigenvalue weighted by molar-refractivity contribution is 0.237. The van der Waals surface area contributed by atoms with E-state index in [0.717, 1.165) is 30.0 Å². The molecule has 1 aromatic heterocycles. The molecule has 6 nitrogen and oxygen atoms in total. The van der Waals surface area contributed by atoms with Crippen LogP contribution >= 0.6 is 0 Å². The number of nitrogens with zero attached hydrogens (tertiary/aromatic N) is 2. The van der Waals surface area contributed by atoms with Crippen molar-refractivity contribution in [1.29, 1.82) is 0 Å². The minimum atomic E-state index is -0.325. The molecule has 2 amide bonds. The number of carbonyl (C=O) groups is 1. The smallest absolute Gasteiger partial charge is 0.315 e. The van der Waals surface area contributed by atoms with Gasteiger partial charge in [0.25, 0.3) is 0 Å². The maximum absolute atomic E-state index is 12.1. The van der Waals surface area contributed by atoms with E-state index in [9.17, 15) is 4.79 Å². The molecular weight excluding hydrogens is 280 g/mol. The van der Waals surface area contributed by atoms with Gasteiger partial charge in [0.2, 0.25) is 0 Å². The predicted octanol–water partition coefficient (Wildman–Crippen LogP) is 1.98. The topological polar surface area (TPSA) is 68.2 Å². The summed E-state index contributed by atoms with van der Waals surface area (Å²) >= 11 is 0. The number of hydrogen-bond acceptors (Lipinski definition) is 3. The lowest BCUT2D eigenvalue weighted by Crippen LogP contribution is -2.40. The average Bonchev–Trinajstić information content (AvgIpc) is 3.24. The van der Waals surface area contributed by atoms with Crippen LogP contribution in [0.5, 0.6) is 5.75 Å². The monoisotopic (exact) mass is 300 g/mol. The Hall–Kier alpha value is -2.50. The molecule has 1 aliphatic carbocycles. The lowest BCUT2D eigenvalue weighted by Gasteiger charge is -2.20. The number of nitrogens with one attached hydrogen (secondary N) is 2. The van der Waals surface area contributed by atoms with Gasteiger partial charge < -0.3 is 19.9 Å². The van der Waals surface area contributed by atoms with Crippen molar-refractivity contribution in [1.82, 2.24) is 20.2 Å². The number of benzene rings is 1. The van der Waals surface area contributed by atoms with E-state index in [1.165, 1.54) is 0 Å². The van der Waals surface area contributed by atoms with Crippen LogP contribution in [0.1, 0.15) is 30.3 Å². The lowest BCUT2D eigenvalue weighted by atomic mass is 10.1. The van der Waals surface area contributed by atoms with Crippen molar-refractivity contribution >= 4 is 6.03 Å². The summed E-state index contributed by atoms with van der Waals surface area (Å²) in [7, 11) is 3.54. The number of aryl methyl sites for hydroxylation is 1. The third-order valence-corrected chi connectivity index (χ3v) is 3.73. The molecule has 22 heavy (non-hydrogen) atoms. The Labute approximate surface area is 129 Å². The van der Waals surface area contributed by atoms with E-state index >= 15 is 0 Å². The van der Waals surface area contributed by atoms with E-state index < -0.39 is 0 Å². The summed E-state index contributed by atoms with van der Waals surface area (Å²) in [5.74, 6) is 1.53. The SMILES string of the molecule is COc1cccc(C(NC(=O)NC2CC2)c2nccn2C)c1. The van der Waals surface area contributed by atoms with Gasteiger partial charge in [-0.15, -0.1) is 0 Å². The molecule has 0 saturated heterocycles. The Kier molecular flexibility index (Phi) is 4.00. The van der Waals surface area contributed by atoms with Gasteiger partial charge in [-0.05, 0) is 30.5 Å². The van der Waals surface area contributed by atoms with Crippen LogP contribution in [0.3, 0.4) is 0 Å². The number of ether oxygens (including phenoxy) is 1. The van der Waals surface area contributed by atoms with Gasteiger partial charge in [0.1, 0.15) is 17.6 Å². The van der Waals surface area contributed by atoms with Crippen molar-refractivity contribution in [3.05, 3.63) is 48.0 Å². The van der Waals surface area contributed by atoms with Crippen molar-refractivity contribution in [3.8, 4) is 5.75 Å². The van der Waals surface area contributed by atoms with Crippen LogP contribution in [0.15, 0.2) is 36.7 Å². The van der Waals surface area contributed by atoms with Crippen LogP contribution in [0, 0.1) is 0 Å². The first-order valence-electron chi connectivity index (χ1n) is 7.35.